The van der Waals surface area contributed by atoms with Crippen molar-refractivity contribution in [3.8, 4) is 0 Å². The molecule has 0 atom stereocenters. The Morgan fingerprint density at radius 2 is 1.87 bits per heavy atom. The maximum atomic E-state index is 2.40. The van der Waals surface area contributed by atoms with Crippen LogP contribution in [0.25, 0.3) is 0 Å². The molecule has 0 amide bonds. The molecule has 84 valence electrons. The van der Waals surface area contributed by atoms with Gasteiger partial charge in [-0.2, -0.15) is 0 Å². The fraction of sp³-hybridized carbons (Fsp3) is 0.714. The molecule has 1 aromatic rings. The third kappa shape index (κ3) is 1.56. The fourth-order valence-electron chi connectivity index (χ4n) is 3.49. The lowest BCUT2D eigenvalue weighted by Gasteiger charge is -2.45. The molecule has 1 aliphatic carbocycles. The van der Waals surface area contributed by atoms with Gasteiger partial charge < -0.3 is 0 Å². The molecule has 0 radical (unpaired) electrons. The quantitative estimate of drug-likeness (QED) is 0.684. The Bertz CT molecular complexity index is 325. The molecule has 0 unspecified atom stereocenters. The minimum Gasteiger partial charge on any atom is -0.149 e. The van der Waals surface area contributed by atoms with Crippen molar-refractivity contribution in [2.75, 3.05) is 0 Å². The van der Waals surface area contributed by atoms with Crippen LogP contribution < -0.4 is 0 Å². The van der Waals surface area contributed by atoms with E-state index in [0.717, 1.165) is 11.8 Å². The number of rotatable bonds is 2. The molecule has 0 spiro atoms. The lowest BCUT2D eigenvalue weighted by atomic mass is 9.60. The Balaban J connectivity index is 2.52. The summed E-state index contributed by atoms with van der Waals surface area (Å²) in [5, 5.41) is 2.29. The van der Waals surface area contributed by atoms with Gasteiger partial charge in [0.15, 0.2) is 0 Å². The van der Waals surface area contributed by atoms with Gasteiger partial charge in [0.25, 0.3) is 0 Å². The van der Waals surface area contributed by atoms with Crippen LogP contribution in [0.3, 0.4) is 0 Å². The molecule has 1 heterocycles. The molecule has 1 aromatic heterocycles. The third-order valence-corrected chi connectivity index (χ3v) is 5.28. The molecular weight excluding hydrogens is 200 g/mol. The SMILES string of the molecule is CC(C)C1(C(C)C)CCCc2sccc21. The second-order valence-corrected chi connectivity index (χ2v) is 6.46. The van der Waals surface area contributed by atoms with Crippen LogP contribution in [0.4, 0.5) is 0 Å². The van der Waals surface area contributed by atoms with Gasteiger partial charge in [0.1, 0.15) is 0 Å². The standard InChI is InChI=1S/C14H22S/c1-10(2)14(11(3)4)8-5-6-13-12(14)7-9-15-13/h7,9-11H,5-6,8H2,1-4H3. The van der Waals surface area contributed by atoms with Crippen LogP contribution in [-0.2, 0) is 11.8 Å². The van der Waals surface area contributed by atoms with Crippen LogP contribution in [0.2, 0.25) is 0 Å². The van der Waals surface area contributed by atoms with Crippen molar-refractivity contribution in [3.63, 3.8) is 0 Å². The monoisotopic (exact) mass is 222 g/mol. The summed E-state index contributed by atoms with van der Waals surface area (Å²) < 4.78 is 0. The van der Waals surface area contributed by atoms with Crippen molar-refractivity contribution in [1.29, 1.82) is 0 Å². The first-order valence-corrected chi connectivity index (χ1v) is 7.04. The highest BCUT2D eigenvalue weighted by atomic mass is 32.1. The Morgan fingerprint density at radius 1 is 1.20 bits per heavy atom. The van der Waals surface area contributed by atoms with Crippen LogP contribution in [0.5, 0.6) is 0 Å². The van der Waals surface area contributed by atoms with Crippen molar-refractivity contribution in [2.24, 2.45) is 11.8 Å². The van der Waals surface area contributed by atoms with E-state index in [9.17, 15) is 0 Å². The van der Waals surface area contributed by atoms with Crippen LogP contribution in [0, 0.1) is 11.8 Å². The Kier molecular flexibility index (Phi) is 2.94. The number of hydrogen-bond acceptors (Lipinski definition) is 1. The first-order valence-electron chi connectivity index (χ1n) is 6.16. The van der Waals surface area contributed by atoms with Gasteiger partial charge in [0.05, 0.1) is 0 Å². The van der Waals surface area contributed by atoms with E-state index in [1.54, 1.807) is 10.4 Å². The summed E-state index contributed by atoms with van der Waals surface area (Å²) in [6.45, 7) is 9.58. The second kappa shape index (κ2) is 3.93. The van der Waals surface area contributed by atoms with Crippen molar-refractivity contribution in [2.45, 2.75) is 52.4 Å². The average Bonchev–Trinajstić information content (AvgIpc) is 2.63. The normalized spacial score (nSPS) is 19.6. The molecule has 0 aliphatic heterocycles. The van der Waals surface area contributed by atoms with E-state index in [4.69, 9.17) is 0 Å². The molecule has 0 saturated carbocycles. The van der Waals surface area contributed by atoms with Gasteiger partial charge in [-0.25, -0.2) is 0 Å². The van der Waals surface area contributed by atoms with Gasteiger partial charge in [-0.3, -0.25) is 0 Å². The molecule has 0 saturated heterocycles. The summed E-state index contributed by atoms with van der Waals surface area (Å²) >= 11 is 1.96. The zero-order valence-electron chi connectivity index (χ0n) is 10.3. The maximum Gasteiger partial charge on any atom is 0.00830 e. The van der Waals surface area contributed by atoms with Crippen LogP contribution in [0.1, 0.15) is 51.0 Å². The molecule has 0 bridgehead atoms. The molecule has 1 heteroatoms. The predicted octanol–water partition coefficient (Wildman–Crippen LogP) is 4.63. The maximum absolute atomic E-state index is 2.40. The van der Waals surface area contributed by atoms with E-state index in [1.807, 2.05) is 11.3 Å². The Morgan fingerprint density at radius 3 is 2.47 bits per heavy atom. The van der Waals surface area contributed by atoms with E-state index >= 15 is 0 Å². The highest BCUT2D eigenvalue weighted by molar-refractivity contribution is 7.10. The molecule has 0 nitrogen and oxygen atoms in total. The van der Waals surface area contributed by atoms with Crippen molar-refractivity contribution in [1.82, 2.24) is 0 Å². The second-order valence-electron chi connectivity index (χ2n) is 5.46. The lowest BCUT2D eigenvalue weighted by Crippen LogP contribution is -2.40. The number of hydrogen-bond donors (Lipinski definition) is 0. The summed E-state index contributed by atoms with van der Waals surface area (Å²) in [6.07, 6.45) is 4.07. The van der Waals surface area contributed by atoms with E-state index < -0.39 is 0 Å². The van der Waals surface area contributed by atoms with E-state index in [0.29, 0.717) is 5.41 Å². The fourth-order valence-corrected chi connectivity index (χ4v) is 4.51. The van der Waals surface area contributed by atoms with E-state index in [2.05, 4.69) is 39.1 Å². The molecule has 1 aliphatic rings. The molecule has 0 fully saturated rings. The van der Waals surface area contributed by atoms with Crippen molar-refractivity contribution in [3.05, 3.63) is 21.9 Å². The minimum absolute atomic E-state index is 0.452. The van der Waals surface area contributed by atoms with Crippen LogP contribution in [-0.4, -0.2) is 0 Å². The highest BCUT2D eigenvalue weighted by Crippen LogP contribution is 2.49. The smallest absolute Gasteiger partial charge is 0.00830 e. The van der Waals surface area contributed by atoms with E-state index in [-0.39, 0.29) is 0 Å². The highest BCUT2D eigenvalue weighted by Gasteiger charge is 2.42. The van der Waals surface area contributed by atoms with Crippen LogP contribution in [0.15, 0.2) is 11.4 Å². The van der Waals surface area contributed by atoms with Crippen molar-refractivity contribution < 1.29 is 0 Å². The predicted molar refractivity (Wildman–Crippen MR) is 68.6 cm³/mol. The summed E-state index contributed by atoms with van der Waals surface area (Å²) in [5.41, 5.74) is 2.12. The lowest BCUT2D eigenvalue weighted by molar-refractivity contribution is 0.187. The first-order chi connectivity index (χ1) is 7.09. The molecule has 0 N–H and O–H groups in total. The van der Waals surface area contributed by atoms with Gasteiger partial charge in [-0.15, -0.1) is 11.3 Å². The Hall–Kier alpha value is -0.300. The molecule has 0 aromatic carbocycles. The minimum atomic E-state index is 0.452. The number of thiophene rings is 1. The largest absolute Gasteiger partial charge is 0.149 e. The van der Waals surface area contributed by atoms with Gasteiger partial charge in [0.2, 0.25) is 0 Å². The summed E-state index contributed by atoms with van der Waals surface area (Å²) in [5.74, 6) is 1.51. The van der Waals surface area contributed by atoms with Crippen molar-refractivity contribution >= 4 is 11.3 Å². The topological polar surface area (TPSA) is 0 Å². The average molecular weight is 222 g/mol. The molecule has 15 heavy (non-hydrogen) atoms. The summed E-state index contributed by atoms with van der Waals surface area (Å²) in [7, 11) is 0. The van der Waals surface area contributed by atoms with E-state index in [1.165, 1.54) is 19.3 Å². The van der Waals surface area contributed by atoms with Gasteiger partial charge in [0, 0.05) is 10.3 Å². The molecular formula is C14H22S. The third-order valence-electron chi connectivity index (χ3n) is 4.30. The number of aryl methyl sites for hydroxylation is 1. The van der Waals surface area contributed by atoms with Crippen LogP contribution >= 0.6 is 11.3 Å². The van der Waals surface area contributed by atoms with Gasteiger partial charge in [-0.1, -0.05) is 27.7 Å². The number of fused-ring (bicyclic) bond motifs is 1. The zero-order valence-corrected chi connectivity index (χ0v) is 11.2. The summed E-state index contributed by atoms with van der Waals surface area (Å²) in [6, 6.07) is 2.39. The first kappa shape index (κ1) is 11.2. The Labute approximate surface area is 97.7 Å². The molecule has 2 rings (SSSR count). The van der Waals surface area contributed by atoms with Gasteiger partial charge >= 0.3 is 0 Å². The zero-order chi connectivity index (χ0) is 11.1. The summed E-state index contributed by atoms with van der Waals surface area (Å²) in [4.78, 5) is 1.66. The van der Waals surface area contributed by atoms with Gasteiger partial charge in [-0.05, 0) is 48.1 Å².